The van der Waals surface area contributed by atoms with E-state index in [0.29, 0.717) is 17.1 Å². The lowest BCUT2D eigenvalue weighted by atomic mass is 10.1. The minimum atomic E-state index is -0.107. The van der Waals surface area contributed by atoms with Crippen LogP contribution < -0.4 is 5.56 Å². The quantitative estimate of drug-likeness (QED) is 0.616. The Bertz CT molecular complexity index is 1140. The number of aromatic nitrogens is 4. The summed E-state index contributed by atoms with van der Waals surface area (Å²) in [6.07, 6.45) is 2.38. The molecule has 0 spiro atoms. The van der Waals surface area contributed by atoms with Crippen LogP contribution in [0.15, 0.2) is 47.3 Å². The first-order valence-corrected chi connectivity index (χ1v) is 8.19. The normalized spacial score (nSPS) is 14.5. The molecule has 0 saturated heterocycles. The third kappa shape index (κ3) is 1.98. The van der Waals surface area contributed by atoms with Crippen molar-refractivity contribution in [1.29, 1.82) is 0 Å². The molecule has 118 valence electrons. The van der Waals surface area contributed by atoms with E-state index in [1.807, 2.05) is 49.4 Å². The van der Waals surface area contributed by atoms with Crippen LogP contribution >= 0.6 is 0 Å². The summed E-state index contributed by atoms with van der Waals surface area (Å²) in [6.45, 7) is 1.97. The number of H-pyrrole nitrogens is 1. The highest BCUT2D eigenvalue weighted by Crippen LogP contribution is 2.39. The number of aromatic amines is 1. The van der Waals surface area contributed by atoms with Crippen molar-refractivity contribution in [3.63, 3.8) is 0 Å². The van der Waals surface area contributed by atoms with E-state index in [1.54, 1.807) is 4.52 Å². The molecule has 1 aliphatic carbocycles. The van der Waals surface area contributed by atoms with Gasteiger partial charge in [-0.05, 0) is 31.4 Å². The van der Waals surface area contributed by atoms with E-state index >= 15 is 0 Å². The van der Waals surface area contributed by atoms with Crippen molar-refractivity contribution in [2.45, 2.75) is 25.7 Å². The van der Waals surface area contributed by atoms with Gasteiger partial charge in [0.05, 0.1) is 11.4 Å². The lowest BCUT2D eigenvalue weighted by molar-refractivity contribution is 0.893. The van der Waals surface area contributed by atoms with Crippen LogP contribution in [0.3, 0.4) is 0 Å². The molecule has 0 unspecified atom stereocenters. The zero-order valence-electron chi connectivity index (χ0n) is 13.3. The molecule has 0 atom stereocenters. The second kappa shape index (κ2) is 4.77. The van der Waals surface area contributed by atoms with Crippen molar-refractivity contribution in [1.82, 2.24) is 19.6 Å². The molecule has 5 heteroatoms. The molecule has 3 aromatic heterocycles. The van der Waals surface area contributed by atoms with Gasteiger partial charge in [-0.15, -0.1) is 0 Å². The van der Waals surface area contributed by atoms with Crippen LogP contribution in [0.25, 0.3) is 27.8 Å². The second-order valence-corrected chi connectivity index (χ2v) is 6.45. The van der Waals surface area contributed by atoms with Gasteiger partial charge < -0.3 is 4.98 Å². The number of nitrogens with zero attached hydrogens (tertiary/aromatic N) is 3. The lowest BCUT2D eigenvalue weighted by Gasteiger charge is -2.07. The van der Waals surface area contributed by atoms with Gasteiger partial charge in [0, 0.05) is 22.9 Å². The van der Waals surface area contributed by atoms with Gasteiger partial charge in [0.15, 0.2) is 5.65 Å². The molecule has 3 heterocycles. The molecular formula is C19H16N4O. The van der Waals surface area contributed by atoms with E-state index in [0.717, 1.165) is 28.0 Å². The average molecular weight is 316 g/mol. The summed E-state index contributed by atoms with van der Waals surface area (Å²) in [6, 6.07) is 13.6. The fourth-order valence-corrected chi connectivity index (χ4v) is 3.24. The number of fused-ring (bicyclic) bond motifs is 3. The largest absolute Gasteiger partial charge is 0.306 e. The number of benzene rings is 1. The maximum atomic E-state index is 12.6. The maximum Gasteiger partial charge on any atom is 0.257 e. The van der Waals surface area contributed by atoms with Crippen molar-refractivity contribution in [2.24, 2.45) is 0 Å². The number of rotatable bonds is 2. The number of nitrogens with one attached hydrogen (secondary N) is 1. The van der Waals surface area contributed by atoms with Crippen molar-refractivity contribution in [3.8, 4) is 11.1 Å². The summed E-state index contributed by atoms with van der Waals surface area (Å²) in [4.78, 5) is 20.3. The molecule has 5 nitrogen and oxygen atoms in total. The molecule has 1 fully saturated rings. The van der Waals surface area contributed by atoms with Crippen LogP contribution in [-0.2, 0) is 0 Å². The molecule has 24 heavy (non-hydrogen) atoms. The summed E-state index contributed by atoms with van der Waals surface area (Å²) < 4.78 is 1.77. The Balaban J connectivity index is 1.82. The Hall–Kier alpha value is -2.95. The topological polar surface area (TPSA) is 63.1 Å². The van der Waals surface area contributed by atoms with E-state index in [9.17, 15) is 4.79 Å². The van der Waals surface area contributed by atoms with E-state index in [2.05, 4.69) is 15.1 Å². The molecule has 1 aliphatic rings. The summed E-state index contributed by atoms with van der Waals surface area (Å²) in [5, 5.41) is 5.59. The summed E-state index contributed by atoms with van der Waals surface area (Å²) in [5.74, 6) is 0.553. The number of hydrogen-bond donors (Lipinski definition) is 1. The molecule has 0 radical (unpaired) electrons. The van der Waals surface area contributed by atoms with E-state index < -0.39 is 0 Å². The highest BCUT2D eigenvalue weighted by molar-refractivity contribution is 5.84. The van der Waals surface area contributed by atoms with Crippen molar-refractivity contribution in [2.75, 3.05) is 0 Å². The van der Waals surface area contributed by atoms with Crippen LogP contribution in [0.5, 0.6) is 0 Å². The van der Waals surface area contributed by atoms with Gasteiger partial charge in [-0.3, -0.25) is 4.79 Å². The lowest BCUT2D eigenvalue weighted by Crippen LogP contribution is -2.12. The van der Waals surface area contributed by atoms with Crippen molar-refractivity contribution in [3.05, 3.63) is 64.2 Å². The van der Waals surface area contributed by atoms with Gasteiger partial charge in [-0.1, -0.05) is 30.3 Å². The fourth-order valence-electron chi connectivity index (χ4n) is 3.24. The third-order valence-electron chi connectivity index (χ3n) is 4.69. The molecule has 0 aliphatic heterocycles. The van der Waals surface area contributed by atoms with Crippen molar-refractivity contribution >= 4 is 16.7 Å². The molecular weight excluding hydrogens is 300 g/mol. The molecule has 1 N–H and O–H groups in total. The van der Waals surface area contributed by atoms with Crippen LogP contribution in [-0.4, -0.2) is 19.6 Å². The van der Waals surface area contributed by atoms with Crippen LogP contribution in [0.1, 0.15) is 30.1 Å². The summed E-state index contributed by atoms with van der Waals surface area (Å²) in [5.41, 5.74) is 4.93. The monoisotopic (exact) mass is 316 g/mol. The van der Waals surface area contributed by atoms with Gasteiger partial charge in [-0.2, -0.15) is 9.61 Å². The van der Waals surface area contributed by atoms with Gasteiger partial charge in [0.2, 0.25) is 0 Å². The molecule has 0 amide bonds. The highest BCUT2D eigenvalue weighted by atomic mass is 16.1. The molecule has 1 aromatic carbocycles. The number of pyridine rings is 1. The van der Waals surface area contributed by atoms with Crippen LogP contribution in [0, 0.1) is 6.92 Å². The zero-order chi connectivity index (χ0) is 16.3. The van der Waals surface area contributed by atoms with E-state index in [1.165, 1.54) is 12.8 Å². The Morgan fingerprint density at radius 2 is 1.96 bits per heavy atom. The molecule has 4 aromatic rings. The molecule has 0 bridgehead atoms. The van der Waals surface area contributed by atoms with Crippen LogP contribution in [0.2, 0.25) is 0 Å². The Morgan fingerprint density at radius 3 is 2.71 bits per heavy atom. The van der Waals surface area contributed by atoms with Crippen molar-refractivity contribution < 1.29 is 0 Å². The Labute approximate surface area is 138 Å². The molecule has 5 rings (SSSR count). The predicted octanol–water partition coefficient (Wildman–Crippen LogP) is 3.42. The maximum absolute atomic E-state index is 12.6. The summed E-state index contributed by atoms with van der Waals surface area (Å²) >= 11 is 0. The van der Waals surface area contributed by atoms with E-state index in [4.69, 9.17) is 0 Å². The molecule has 1 saturated carbocycles. The second-order valence-electron chi connectivity index (χ2n) is 6.45. The average Bonchev–Trinajstić information content (AvgIpc) is 3.35. The number of hydrogen-bond acceptors (Lipinski definition) is 3. The Kier molecular flexibility index (Phi) is 2.68. The SMILES string of the molecule is Cc1nc2cc(C3CC3)nn2c2[nH]c(=O)c(-c3ccccc3)cc12. The third-order valence-corrected chi connectivity index (χ3v) is 4.69. The first kappa shape index (κ1) is 13.5. The minimum absolute atomic E-state index is 0.107. The van der Waals surface area contributed by atoms with Crippen LogP contribution in [0.4, 0.5) is 0 Å². The fraction of sp³-hybridized carbons (Fsp3) is 0.211. The first-order valence-electron chi connectivity index (χ1n) is 8.19. The van der Waals surface area contributed by atoms with Gasteiger partial charge >= 0.3 is 0 Å². The van der Waals surface area contributed by atoms with E-state index in [-0.39, 0.29) is 5.56 Å². The first-order chi connectivity index (χ1) is 11.7. The van der Waals surface area contributed by atoms with Gasteiger partial charge in [0.25, 0.3) is 5.56 Å². The summed E-state index contributed by atoms with van der Waals surface area (Å²) in [7, 11) is 0. The smallest absolute Gasteiger partial charge is 0.257 e. The zero-order valence-corrected chi connectivity index (χ0v) is 13.3. The highest BCUT2D eigenvalue weighted by Gasteiger charge is 2.27. The standard InChI is InChI=1S/C19H16N4O/c1-11-14-9-15(12-5-3-2-4-6-12)19(24)21-18(14)23-17(20-11)10-16(22-23)13-7-8-13/h2-6,9-10,13H,7-8H2,1H3,(H,21,24). The van der Waals surface area contributed by atoms with Gasteiger partial charge in [-0.25, -0.2) is 4.98 Å². The van der Waals surface area contributed by atoms with Gasteiger partial charge in [0.1, 0.15) is 5.65 Å². The Morgan fingerprint density at radius 1 is 1.17 bits per heavy atom. The minimum Gasteiger partial charge on any atom is -0.306 e. The predicted molar refractivity (Wildman–Crippen MR) is 93.3 cm³/mol. The number of aryl methyl sites for hydroxylation is 1.